The molecule has 0 spiro atoms. The molecule has 0 saturated heterocycles. The quantitative estimate of drug-likeness (QED) is 0.610. The van der Waals surface area contributed by atoms with E-state index in [-0.39, 0.29) is 46.3 Å². The number of anilines is 1. The van der Waals surface area contributed by atoms with Gasteiger partial charge in [0.1, 0.15) is 0 Å². The monoisotopic (exact) mass is 488 g/mol. The number of rotatable bonds is 6. The zero-order valence-electron chi connectivity index (χ0n) is 21.6. The molecule has 7 nitrogen and oxygen atoms in total. The van der Waals surface area contributed by atoms with Crippen molar-refractivity contribution in [2.24, 2.45) is 28.6 Å². The lowest BCUT2D eigenvalue weighted by Gasteiger charge is -2.53. The zero-order valence-corrected chi connectivity index (χ0v) is 22.5. The number of amides is 2. The largest absolute Gasteiger partial charge is 0.392 e. The molecule has 3 rings (SSSR count). The first-order valence-corrected chi connectivity index (χ1v) is 13.2. The molecule has 1 aromatic rings. The lowest BCUT2D eigenvalue weighted by Crippen LogP contribution is -2.53. The minimum absolute atomic E-state index is 0.00126. The van der Waals surface area contributed by atoms with E-state index in [2.05, 4.69) is 25.2 Å². The second kappa shape index (κ2) is 9.94. The third kappa shape index (κ3) is 5.46. The Hall–Kier alpha value is -1.98. The first-order valence-electron chi connectivity index (χ1n) is 12.4. The van der Waals surface area contributed by atoms with E-state index < -0.39 is 6.10 Å². The molecule has 2 N–H and O–H groups in total. The summed E-state index contributed by atoms with van der Waals surface area (Å²) in [5, 5.41) is 24.0. The Morgan fingerprint density at radius 2 is 2.09 bits per heavy atom. The Balaban J connectivity index is 1.78. The number of aliphatic hydroxyl groups is 1. The lowest BCUT2D eigenvalue weighted by atomic mass is 9.53. The smallest absolute Gasteiger partial charge is 0.226 e. The van der Waals surface area contributed by atoms with Crippen LogP contribution in [0.5, 0.6) is 0 Å². The zero-order chi connectivity index (χ0) is 25.4. The summed E-state index contributed by atoms with van der Waals surface area (Å²) in [5.41, 5.74) is 0.812. The van der Waals surface area contributed by atoms with Gasteiger partial charge in [-0.15, -0.1) is 11.3 Å². The van der Waals surface area contributed by atoms with Crippen molar-refractivity contribution < 1.29 is 14.7 Å². The number of hydrogen-bond acceptors (Lipinski definition) is 6. The van der Waals surface area contributed by atoms with Crippen molar-refractivity contribution >= 4 is 28.3 Å². The Morgan fingerprint density at radius 1 is 1.41 bits per heavy atom. The maximum absolute atomic E-state index is 13.0. The first kappa shape index (κ1) is 26.6. The number of nitrogens with zero attached hydrogens (tertiary/aromatic N) is 3. The van der Waals surface area contributed by atoms with Crippen LogP contribution in [0.3, 0.4) is 0 Å². The number of nitriles is 1. The number of aromatic nitrogens is 1. The van der Waals surface area contributed by atoms with E-state index in [0.29, 0.717) is 24.5 Å². The fourth-order valence-corrected chi connectivity index (χ4v) is 7.38. The van der Waals surface area contributed by atoms with Gasteiger partial charge >= 0.3 is 0 Å². The maximum atomic E-state index is 13.0. The second-order valence-corrected chi connectivity index (χ2v) is 13.0. The van der Waals surface area contributed by atoms with Crippen LogP contribution in [0.25, 0.3) is 0 Å². The number of aliphatic hydroxyl groups excluding tert-OH is 1. The van der Waals surface area contributed by atoms with Crippen molar-refractivity contribution in [2.45, 2.75) is 85.7 Å². The summed E-state index contributed by atoms with van der Waals surface area (Å²) in [6.07, 6.45) is 2.70. The van der Waals surface area contributed by atoms with Crippen LogP contribution in [0, 0.1) is 39.9 Å². The van der Waals surface area contributed by atoms with E-state index in [4.69, 9.17) is 10.2 Å². The second-order valence-electron chi connectivity index (χ2n) is 11.9. The van der Waals surface area contributed by atoms with Gasteiger partial charge in [-0.05, 0) is 41.9 Å². The highest BCUT2D eigenvalue weighted by atomic mass is 32.1. The van der Waals surface area contributed by atoms with Gasteiger partial charge in [-0.3, -0.25) is 9.59 Å². The SMILES string of the molecule is C[C@H](C(=O)N(C)CCC#N)[C@H]1CC[C@]2(C)Cc3sc(NC(=O)CC(C)(C)C)nc3[C@@H](C)[C@@H]2[C@H]1O. The number of nitrogens with one attached hydrogen (secondary N) is 1. The summed E-state index contributed by atoms with van der Waals surface area (Å²) >= 11 is 1.56. The van der Waals surface area contributed by atoms with Crippen LogP contribution in [0.4, 0.5) is 5.13 Å². The predicted octanol–water partition coefficient (Wildman–Crippen LogP) is 4.58. The number of thiazole rings is 1. The van der Waals surface area contributed by atoms with Gasteiger partial charge in [0.15, 0.2) is 5.13 Å². The third-order valence-electron chi connectivity index (χ3n) is 7.83. The van der Waals surface area contributed by atoms with E-state index in [1.54, 1.807) is 23.3 Å². The van der Waals surface area contributed by atoms with Crippen LogP contribution in [0.2, 0.25) is 0 Å². The molecule has 34 heavy (non-hydrogen) atoms. The van der Waals surface area contributed by atoms with Gasteiger partial charge in [-0.2, -0.15) is 5.26 Å². The van der Waals surface area contributed by atoms with Crippen molar-refractivity contribution in [1.82, 2.24) is 9.88 Å². The summed E-state index contributed by atoms with van der Waals surface area (Å²) in [6.45, 7) is 12.8. The summed E-state index contributed by atoms with van der Waals surface area (Å²) in [6, 6.07) is 2.09. The van der Waals surface area contributed by atoms with Crippen LogP contribution in [0.1, 0.15) is 83.7 Å². The summed E-state index contributed by atoms with van der Waals surface area (Å²) in [4.78, 5) is 33.0. The maximum Gasteiger partial charge on any atom is 0.226 e. The molecule has 2 amide bonds. The number of carbonyl (C=O) groups is 2. The normalized spacial score (nSPS) is 29.4. The highest BCUT2D eigenvalue weighted by molar-refractivity contribution is 7.15. The predicted molar refractivity (Wildman–Crippen MR) is 134 cm³/mol. The minimum atomic E-state index is -0.606. The molecule has 0 aromatic carbocycles. The van der Waals surface area contributed by atoms with Crippen LogP contribution in [-0.4, -0.2) is 46.5 Å². The molecule has 1 saturated carbocycles. The van der Waals surface area contributed by atoms with Gasteiger partial charge in [0.2, 0.25) is 11.8 Å². The summed E-state index contributed by atoms with van der Waals surface area (Å²) in [5.74, 6) is -0.427. The molecule has 0 aliphatic heterocycles. The van der Waals surface area contributed by atoms with E-state index >= 15 is 0 Å². The van der Waals surface area contributed by atoms with Crippen molar-refractivity contribution in [3.63, 3.8) is 0 Å². The summed E-state index contributed by atoms with van der Waals surface area (Å²) in [7, 11) is 1.73. The molecule has 8 heteroatoms. The van der Waals surface area contributed by atoms with Gasteiger partial charge in [0.25, 0.3) is 0 Å². The van der Waals surface area contributed by atoms with Gasteiger partial charge in [-0.25, -0.2) is 4.98 Å². The fraction of sp³-hybridized carbons (Fsp3) is 0.769. The van der Waals surface area contributed by atoms with Gasteiger partial charge in [0, 0.05) is 36.7 Å². The van der Waals surface area contributed by atoms with Crippen LogP contribution in [0.15, 0.2) is 0 Å². The number of fused-ring (bicyclic) bond motifs is 2. The first-order chi connectivity index (χ1) is 15.8. The lowest BCUT2D eigenvalue weighted by molar-refractivity contribution is -0.143. The molecule has 1 aromatic heterocycles. The fourth-order valence-electron chi connectivity index (χ4n) is 6.10. The number of carbonyl (C=O) groups excluding carboxylic acids is 2. The molecular weight excluding hydrogens is 448 g/mol. The Morgan fingerprint density at radius 3 is 2.71 bits per heavy atom. The van der Waals surface area contributed by atoms with Crippen LogP contribution in [-0.2, 0) is 16.0 Å². The van der Waals surface area contributed by atoms with E-state index in [9.17, 15) is 14.7 Å². The highest BCUT2D eigenvalue weighted by Gasteiger charge is 2.54. The van der Waals surface area contributed by atoms with Gasteiger partial charge < -0.3 is 15.3 Å². The van der Waals surface area contributed by atoms with E-state index in [1.807, 2.05) is 27.7 Å². The average Bonchev–Trinajstić information content (AvgIpc) is 3.11. The molecule has 6 atom stereocenters. The molecular formula is C26H40N4O3S. The summed E-state index contributed by atoms with van der Waals surface area (Å²) < 4.78 is 0. The van der Waals surface area contributed by atoms with Crippen molar-refractivity contribution in [3.05, 3.63) is 10.6 Å². The average molecular weight is 489 g/mol. The topological polar surface area (TPSA) is 106 Å². The molecule has 1 heterocycles. The van der Waals surface area contributed by atoms with Crippen molar-refractivity contribution in [1.29, 1.82) is 5.26 Å². The van der Waals surface area contributed by atoms with Gasteiger partial charge in [0.05, 0.1) is 24.3 Å². The molecule has 2 aliphatic carbocycles. The van der Waals surface area contributed by atoms with Gasteiger partial charge in [-0.1, -0.05) is 41.5 Å². The molecule has 0 bridgehead atoms. The molecule has 0 radical (unpaired) electrons. The minimum Gasteiger partial charge on any atom is -0.392 e. The Bertz CT molecular complexity index is 962. The molecule has 1 fully saturated rings. The molecule has 188 valence electrons. The third-order valence-corrected chi connectivity index (χ3v) is 8.81. The highest BCUT2D eigenvalue weighted by Crippen LogP contribution is 2.57. The molecule has 2 aliphatic rings. The van der Waals surface area contributed by atoms with E-state index in [1.165, 1.54) is 4.88 Å². The molecule has 0 unspecified atom stereocenters. The van der Waals surface area contributed by atoms with E-state index in [0.717, 1.165) is 25.0 Å². The van der Waals surface area contributed by atoms with Crippen molar-refractivity contribution in [3.8, 4) is 6.07 Å². The van der Waals surface area contributed by atoms with Crippen LogP contribution < -0.4 is 5.32 Å². The Kier molecular flexibility index (Phi) is 7.79. The standard InChI is InChI=1S/C26H40N4O3S/c1-15(23(33)30(7)12-8-11-27)17-9-10-26(6)13-18-21(16(2)20(26)22(17)32)29-24(34-18)28-19(31)14-25(3,4)5/h15-17,20,22,32H,8-10,12-14H2,1-7H3,(H,28,29,31)/t15-,16-,17+,20+,22-,26+/m0/s1. The Labute approximate surface area is 207 Å². The number of hydrogen-bond donors (Lipinski definition) is 2. The van der Waals surface area contributed by atoms with Crippen molar-refractivity contribution in [2.75, 3.05) is 18.9 Å². The van der Waals surface area contributed by atoms with Crippen LogP contribution >= 0.6 is 11.3 Å².